The molecule has 34 heavy (non-hydrogen) atoms. The molecule has 188 valence electrons. The highest BCUT2D eigenvalue weighted by atomic mass is 31.2. The van der Waals surface area contributed by atoms with E-state index in [0.29, 0.717) is 6.61 Å². The van der Waals surface area contributed by atoms with Gasteiger partial charge in [0, 0.05) is 0 Å². The maximum Gasteiger partial charge on any atom is 0.407 e. The molecule has 2 aliphatic rings. The largest absolute Gasteiger partial charge is 0.476 e. The summed E-state index contributed by atoms with van der Waals surface area (Å²) in [6, 6.07) is 0. The molecular weight excluding hydrogens is 474 g/mol. The van der Waals surface area contributed by atoms with Gasteiger partial charge in [-0.05, 0) is 34.6 Å². The fourth-order valence-corrected chi connectivity index (χ4v) is 5.87. The van der Waals surface area contributed by atoms with Gasteiger partial charge in [-0.15, -0.1) is 0 Å². The molecule has 2 saturated heterocycles. The number of ether oxygens (including phenoxy) is 3. The number of carbonyl (C=O) groups excluding carboxylic acids is 1. The molecule has 0 bridgehead atoms. The molecule has 0 radical (unpaired) electrons. The lowest BCUT2D eigenvalue weighted by atomic mass is 9.98. The predicted molar refractivity (Wildman–Crippen MR) is 117 cm³/mol. The number of nitrogen functional groups attached to an aromatic ring is 1. The Morgan fingerprint density at radius 2 is 2.15 bits per heavy atom. The Morgan fingerprint density at radius 3 is 2.82 bits per heavy atom. The Bertz CT molecular complexity index is 1140. The van der Waals surface area contributed by atoms with E-state index in [9.17, 15) is 9.36 Å². The van der Waals surface area contributed by atoms with E-state index in [1.165, 1.54) is 31.7 Å². The van der Waals surface area contributed by atoms with E-state index in [0.717, 1.165) is 0 Å². The molecule has 2 aliphatic heterocycles. The number of alkyl halides is 1. The van der Waals surface area contributed by atoms with E-state index in [1.54, 1.807) is 13.8 Å². The first-order valence-corrected chi connectivity index (χ1v) is 12.3. The summed E-state index contributed by atoms with van der Waals surface area (Å²) in [6.07, 6.45) is -2.10. The summed E-state index contributed by atoms with van der Waals surface area (Å²) in [5, 5.41) is 2.56. The second-order valence-electron chi connectivity index (χ2n) is 8.60. The number of carbonyl (C=O) groups is 1. The minimum atomic E-state index is -4.10. The summed E-state index contributed by atoms with van der Waals surface area (Å²) >= 11 is 0. The number of aromatic nitrogens is 4. The van der Waals surface area contributed by atoms with Crippen LogP contribution < -0.4 is 15.6 Å². The first-order chi connectivity index (χ1) is 15.9. The van der Waals surface area contributed by atoms with Crippen LogP contribution in [-0.4, -0.2) is 68.7 Å². The van der Waals surface area contributed by atoms with Crippen molar-refractivity contribution in [2.75, 3.05) is 25.6 Å². The van der Waals surface area contributed by atoms with Crippen molar-refractivity contribution in [1.29, 1.82) is 0 Å². The molecule has 0 spiro atoms. The van der Waals surface area contributed by atoms with Gasteiger partial charge in [0.2, 0.25) is 11.8 Å². The van der Waals surface area contributed by atoms with Crippen LogP contribution in [0.3, 0.4) is 0 Å². The van der Waals surface area contributed by atoms with Crippen molar-refractivity contribution in [2.45, 2.75) is 64.3 Å². The van der Waals surface area contributed by atoms with Crippen LogP contribution >= 0.6 is 7.75 Å². The number of nitrogens with one attached hydrogen (secondary N) is 1. The van der Waals surface area contributed by atoms with Crippen LogP contribution in [0.4, 0.5) is 10.3 Å². The average Bonchev–Trinajstić information content (AvgIpc) is 3.26. The van der Waals surface area contributed by atoms with Gasteiger partial charge in [0.25, 0.3) is 0 Å². The van der Waals surface area contributed by atoms with Crippen LogP contribution in [0.1, 0.15) is 40.8 Å². The number of halogens is 1. The maximum atomic E-state index is 16.2. The number of hydrogen-bond donors (Lipinski definition) is 2. The maximum absolute atomic E-state index is 16.2. The standard InChI is InChI=1S/C19H28FN6O7P/c1-6-29-14-11-13(23-17(21)24-14)26(9-22-11)15-19(5,20)12-10(32-15)8-31-34(28,33-12)25-18(3,4)16(27)30-7-2/h9-10,12,15H,6-8H2,1-5H3,(H,25,28)(H2,21,23,24)/t10-,12-,15-,19-,34+/m1/s1. The molecule has 2 fully saturated rings. The van der Waals surface area contributed by atoms with Crippen molar-refractivity contribution in [2.24, 2.45) is 0 Å². The van der Waals surface area contributed by atoms with Crippen molar-refractivity contribution in [1.82, 2.24) is 24.6 Å². The zero-order valence-corrected chi connectivity index (χ0v) is 20.4. The summed E-state index contributed by atoms with van der Waals surface area (Å²) in [4.78, 5) is 24.6. The van der Waals surface area contributed by atoms with Crippen LogP contribution in [0.25, 0.3) is 11.2 Å². The Kier molecular flexibility index (Phi) is 6.32. The summed E-state index contributed by atoms with van der Waals surface area (Å²) in [7, 11) is -4.10. The van der Waals surface area contributed by atoms with Crippen LogP contribution in [-0.2, 0) is 27.9 Å². The minimum absolute atomic E-state index is 0.0804. The topological polar surface area (TPSA) is 162 Å². The van der Waals surface area contributed by atoms with Gasteiger partial charge >= 0.3 is 13.7 Å². The van der Waals surface area contributed by atoms with E-state index in [4.69, 9.17) is 29.0 Å². The fourth-order valence-electron chi connectivity index (χ4n) is 3.93. The van der Waals surface area contributed by atoms with E-state index >= 15 is 4.39 Å². The van der Waals surface area contributed by atoms with Gasteiger partial charge in [-0.25, -0.2) is 19.0 Å². The molecule has 3 N–H and O–H groups in total. The summed E-state index contributed by atoms with van der Waals surface area (Å²) in [5.41, 5.74) is 2.68. The molecule has 4 rings (SSSR count). The first-order valence-electron chi connectivity index (χ1n) is 10.8. The Morgan fingerprint density at radius 1 is 1.41 bits per heavy atom. The van der Waals surface area contributed by atoms with Gasteiger partial charge in [0.05, 0.1) is 26.1 Å². The fraction of sp³-hybridized carbons (Fsp3) is 0.684. The summed E-state index contributed by atoms with van der Waals surface area (Å²) in [6.45, 7) is 7.82. The zero-order valence-electron chi connectivity index (χ0n) is 19.5. The van der Waals surface area contributed by atoms with Crippen LogP contribution in [0.2, 0.25) is 0 Å². The van der Waals surface area contributed by atoms with Gasteiger partial charge in [0.1, 0.15) is 17.7 Å². The van der Waals surface area contributed by atoms with Gasteiger partial charge in [-0.3, -0.25) is 18.4 Å². The number of nitrogens with two attached hydrogens (primary N) is 1. The summed E-state index contributed by atoms with van der Waals surface area (Å²) in [5.74, 6) is -0.576. The van der Waals surface area contributed by atoms with E-state index < -0.39 is 43.4 Å². The van der Waals surface area contributed by atoms with E-state index in [-0.39, 0.29) is 36.2 Å². The molecule has 2 aromatic heterocycles. The second-order valence-corrected chi connectivity index (χ2v) is 10.3. The quantitative estimate of drug-likeness (QED) is 0.418. The van der Waals surface area contributed by atoms with Crippen molar-refractivity contribution >= 4 is 30.8 Å². The lowest BCUT2D eigenvalue weighted by Gasteiger charge is -2.37. The Balaban J connectivity index is 1.62. The highest BCUT2D eigenvalue weighted by molar-refractivity contribution is 7.51. The monoisotopic (exact) mass is 502 g/mol. The molecule has 15 heteroatoms. The normalized spacial score (nSPS) is 31.4. The lowest BCUT2D eigenvalue weighted by molar-refractivity contribution is -0.149. The van der Waals surface area contributed by atoms with Crippen molar-refractivity contribution in [3.05, 3.63) is 6.33 Å². The van der Waals surface area contributed by atoms with Crippen molar-refractivity contribution in [3.8, 4) is 5.88 Å². The van der Waals surface area contributed by atoms with Gasteiger partial charge in [-0.1, -0.05) is 0 Å². The predicted octanol–water partition coefficient (Wildman–Crippen LogP) is 1.89. The molecule has 0 unspecified atom stereocenters. The molecule has 2 aromatic rings. The summed E-state index contributed by atoms with van der Waals surface area (Å²) < 4.78 is 58.2. The minimum Gasteiger partial charge on any atom is -0.476 e. The molecule has 13 nitrogen and oxygen atoms in total. The number of anilines is 1. The van der Waals surface area contributed by atoms with Crippen LogP contribution in [0.5, 0.6) is 5.88 Å². The highest BCUT2D eigenvalue weighted by Gasteiger charge is 2.62. The molecule has 0 aliphatic carbocycles. The van der Waals surface area contributed by atoms with Crippen LogP contribution in [0, 0.1) is 0 Å². The number of imidazole rings is 1. The third-order valence-electron chi connectivity index (χ3n) is 5.48. The smallest absolute Gasteiger partial charge is 0.407 e. The Labute approximate surface area is 195 Å². The Hall–Kier alpha value is -2.38. The second kappa shape index (κ2) is 8.68. The van der Waals surface area contributed by atoms with Gasteiger partial charge in [-0.2, -0.15) is 9.97 Å². The number of esters is 1. The first kappa shape index (κ1) is 24.7. The van der Waals surface area contributed by atoms with Crippen molar-refractivity contribution < 1.29 is 37.0 Å². The number of fused-ring (bicyclic) bond motifs is 2. The van der Waals surface area contributed by atoms with E-state index in [1.807, 2.05) is 0 Å². The molecule has 0 saturated carbocycles. The number of nitrogens with zero attached hydrogens (tertiary/aromatic N) is 4. The molecule has 5 atom stereocenters. The molecule has 0 aromatic carbocycles. The molecule has 4 heterocycles. The van der Waals surface area contributed by atoms with Crippen molar-refractivity contribution in [3.63, 3.8) is 0 Å². The highest BCUT2D eigenvalue weighted by Crippen LogP contribution is 2.57. The zero-order chi connectivity index (χ0) is 24.9. The number of rotatable bonds is 7. The SMILES string of the molecule is CCOC(=O)C(C)(C)N[P@]1(=O)OC[C@H]2O[C@@H](n3cnc4c(OCC)nc(N)nc43)[C@](C)(F)[C@@H]2O1. The van der Waals surface area contributed by atoms with Gasteiger partial charge in [0.15, 0.2) is 23.1 Å². The van der Waals surface area contributed by atoms with E-state index in [2.05, 4.69) is 20.0 Å². The lowest BCUT2D eigenvalue weighted by Crippen LogP contribution is -2.51. The van der Waals surface area contributed by atoms with Crippen LogP contribution in [0.15, 0.2) is 6.33 Å². The van der Waals surface area contributed by atoms with Gasteiger partial charge < -0.3 is 19.9 Å². The number of hydrogen-bond acceptors (Lipinski definition) is 11. The molecular formula is C19H28FN6O7P. The third kappa shape index (κ3) is 4.24. The third-order valence-corrected chi connectivity index (χ3v) is 7.31. The molecule has 0 amide bonds. The average molecular weight is 502 g/mol.